The highest BCUT2D eigenvalue weighted by Crippen LogP contribution is 2.24. The molecule has 2 aromatic carbocycles. The van der Waals surface area contributed by atoms with Gasteiger partial charge in [0.05, 0.1) is 16.6 Å². The molecule has 3 nitrogen and oxygen atoms in total. The zero-order chi connectivity index (χ0) is 14.7. The molecule has 0 aliphatic heterocycles. The number of nitrogens with zero attached hydrogens (tertiary/aromatic N) is 2. The lowest BCUT2D eigenvalue weighted by Gasteiger charge is -1.99. The third-order valence-corrected chi connectivity index (χ3v) is 5.27. The van der Waals surface area contributed by atoms with Crippen LogP contribution in [0.5, 0.6) is 0 Å². The predicted molar refractivity (Wildman–Crippen MR) is 81.9 cm³/mol. The largest absolute Gasteiger partial charge is 0.254 e. The summed E-state index contributed by atoms with van der Waals surface area (Å²) in [5.74, 6) is -0.142. The van der Waals surface area contributed by atoms with Gasteiger partial charge in [-0.3, -0.25) is 4.21 Å². The lowest BCUT2D eigenvalue weighted by Crippen LogP contribution is -1.96. The Kier molecular flexibility index (Phi) is 4.17. The fourth-order valence-corrected chi connectivity index (χ4v) is 3.93. The Morgan fingerprint density at radius 3 is 2.62 bits per heavy atom. The van der Waals surface area contributed by atoms with E-state index in [1.165, 1.54) is 23.5 Å². The standard InChI is InChI=1S/C15H11FN2OS2/c16-12-7-4-8-13(9-12)21(19)10-14-17-18-15(20-14)11-5-2-1-3-6-11/h1-9H,10H2. The minimum atomic E-state index is -1.32. The van der Waals surface area contributed by atoms with Crippen molar-refractivity contribution in [2.45, 2.75) is 10.6 Å². The molecule has 3 aromatic rings. The molecule has 0 amide bonds. The van der Waals surface area contributed by atoms with E-state index in [9.17, 15) is 8.60 Å². The van der Waals surface area contributed by atoms with E-state index in [1.54, 1.807) is 12.1 Å². The van der Waals surface area contributed by atoms with Gasteiger partial charge in [-0.05, 0) is 18.2 Å². The van der Waals surface area contributed by atoms with Crippen LogP contribution in [0.25, 0.3) is 10.6 Å². The second kappa shape index (κ2) is 6.24. The summed E-state index contributed by atoms with van der Waals surface area (Å²) in [5.41, 5.74) is 0.984. The summed E-state index contributed by atoms with van der Waals surface area (Å²) in [7, 11) is -1.32. The Morgan fingerprint density at radius 1 is 1.05 bits per heavy atom. The fraction of sp³-hybridized carbons (Fsp3) is 0.0667. The first-order valence-corrected chi connectivity index (χ1v) is 8.37. The Labute approximate surface area is 127 Å². The topological polar surface area (TPSA) is 42.9 Å². The van der Waals surface area contributed by atoms with Crippen LogP contribution in [0.4, 0.5) is 4.39 Å². The summed E-state index contributed by atoms with van der Waals surface area (Å²) in [6, 6.07) is 15.5. The van der Waals surface area contributed by atoms with E-state index in [2.05, 4.69) is 10.2 Å². The number of hydrogen-bond acceptors (Lipinski definition) is 4. The van der Waals surface area contributed by atoms with E-state index in [1.807, 2.05) is 30.3 Å². The van der Waals surface area contributed by atoms with Gasteiger partial charge < -0.3 is 0 Å². The van der Waals surface area contributed by atoms with Gasteiger partial charge in [-0.25, -0.2) is 4.39 Å². The predicted octanol–water partition coefficient (Wildman–Crippen LogP) is 3.65. The molecule has 1 heterocycles. The van der Waals surface area contributed by atoms with E-state index in [-0.39, 0.29) is 11.6 Å². The molecule has 1 aromatic heterocycles. The van der Waals surface area contributed by atoms with Crippen molar-refractivity contribution in [2.24, 2.45) is 0 Å². The SMILES string of the molecule is O=S(Cc1nnc(-c2ccccc2)s1)c1cccc(F)c1. The minimum Gasteiger partial charge on any atom is -0.254 e. The molecule has 3 rings (SSSR count). The van der Waals surface area contributed by atoms with Gasteiger partial charge in [0, 0.05) is 10.5 Å². The van der Waals surface area contributed by atoms with Gasteiger partial charge in [0.25, 0.3) is 0 Å². The highest BCUT2D eigenvalue weighted by molar-refractivity contribution is 7.84. The zero-order valence-electron chi connectivity index (χ0n) is 10.9. The lowest BCUT2D eigenvalue weighted by atomic mass is 10.2. The van der Waals surface area contributed by atoms with Crippen molar-refractivity contribution >= 4 is 22.1 Å². The summed E-state index contributed by atoms with van der Waals surface area (Å²) in [5, 5.41) is 9.64. The molecule has 0 bridgehead atoms. The highest BCUT2D eigenvalue weighted by atomic mass is 32.2. The van der Waals surface area contributed by atoms with Crippen molar-refractivity contribution < 1.29 is 8.60 Å². The second-order valence-corrected chi connectivity index (χ2v) is 6.83. The van der Waals surface area contributed by atoms with Gasteiger partial charge >= 0.3 is 0 Å². The van der Waals surface area contributed by atoms with Gasteiger partial charge in [0.2, 0.25) is 0 Å². The van der Waals surface area contributed by atoms with Crippen LogP contribution in [0.15, 0.2) is 59.5 Å². The van der Waals surface area contributed by atoms with Gasteiger partial charge in [-0.1, -0.05) is 47.7 Å². The second-order valence-electron chi connectivity index (χ2n) is 4.31. The van der Waals surface area contributed by atoms with Crippen LogP contribution in [0.3, 0.4) is 0 Å². The van der Waals surface area contributed by atoms with E-state index < -0.39 is 10.8 Å². The molecule has 6 heteroatoms. The van der Waals surface area contributed by atoms with Crippen LogP contribution >= 0.6 is 11.3 Å². The number of aromatic nitrogens is 2. The van der Waals surface area contributed by atoms with E-state index in [0.717, 1.165) is 10.6 Å². The summed E-state index contributed by atoms with van der Waals surface area (Å²) in [6.07, 6.45) is 0. The summed E-state index contributed by atoms with van der Waals surface area (Å²) in [4.78, 5) is 0.464. The van der Waals surface area contributed by atoms with Crippen LogP contribution in [-0.2, 0) is 16.6 Å². The molecular weight excluding hydrogens is 307 g/mol. The maximum absolute atomic E-state index is 13.1. The molecule has 0 spiro atoms. The van der Waals surface area contributed by atoms with Crippen molar-refractivity contribution in [3.05, 3.63) is 65.4 Å². The van der Waals surface area contributed by atoms with Crippen molar-refractivity contribution in [3.63, 3.8) is 0 Å². The molecule has 0 aliphatic carbocycles. The highest BCUT2D eigenvalue weighted by Gasteiger charge is 2.11. The minimum absolute atomic E-state index is 0.244. The summed E-state index contributed by atoms with van der Waals surface area (Å²) >= 11 is 1.40. The van der Waals surface area contributed by atoms with Gasteiger partial charge in [-0.2, -0.15) is 0 Å². The molecule has 1 atom stereocenters. The third kappa shape index (κ3) is 3.40. The molecule has 0 radical (unpaired) electrons. The van der Waals surface area contributed by atoms with Crippen molar-refractivity contribution in [1.29, 1.82) is 0 Å². The van der Waals surface area contributed by atoms with Crippen molar-refractivity contribution in [3.8, 4) is 10.6 Å². The smallest absolute Gasteiger partial charge is 0.147 e. The number of benzene rings is 2. The fourth-order valence-electron chi connectivity index (χ4n) is 1.81. The van der Waals surface area contributed by atoms with Crippen molar-refractivity contribution in [2.75, 3.05) is 0 Å². The lowest BCUT2D eigenvalue weighted by molar-refractivity contribution is 0.622. The number of rotatable bonds is 4. The Bertz CT molecular complexity index is 774. The Hall–Kier alpha value is -1.92. The van der Waals surface area contributed by atoms with Gasteiger partial charge in [0.15, 0.2) is 0 Å². The normalized spacial score (nSPS) is 12.2. The van der Waals surface area contributed by atoms with Crippen LogP contribution in [0.1, 0.15) is 5.01 Å². The number of halogens is 1. The molecule has 0 saturated heterocycles. The molecule has 0 saturated carbocycles. The monoisotopic (exact) mass is 318 g/mol. The quantitative estimate of drug-likeness (QED) is 0.737. The number of hydrogen-bond donors (Lipinski definition) is 0. The van der Waals surface area contributed by atoms with Crippen LogP contribution < -0.4 is 0 Å². The molecule has 0 aliphatic rings. The first-order valence-electron chi connectivity index (χ1n) is 6.24. The molecule has 1 unspecified atom stereocenters. The van der Waals surface area contributed by atoms with Crippen LogP contribution in [0.2, 0.25) is 0 Å². The Morgan fingerprint density at radius 2 is 1.86 bits per heavy atom. The molecular formula is C15H11FN2OS2. The van der Waals surface area contributed by atoms with E-state index in [4.69, 9.17) is 0 Å². The van der Waals surface area contributed by atoms with Gasteiger partial charge in [0.1, 0.15) is 15.8 Å². The van der Waals surface area contributed by atoms with E-state index >= 15 is 0 Å². The third-order valence-electron chi connectivity index (χ3n) is 2.80. The van der Waals surface area contributed by atoms with E-state index in [0.29, 0.717) is 9.90 Å². The maximum atomic E-state index is 13.1. The Balaban J connectivity index is 1.77. The van der Waals surface area contributed by atoms with Crippen LogP contribution in [-0.4, -0.2) is 14.4 Å². The average molecular weight is 318 g/mol. The summed E-state index contributed by atoms with van der Waals surface area (Å²) < 4.78 is 25.3. The van der Waals surface area contributed by atoms with Crippen LogP contribution in [0, 0.1) is 5.82 Å². The molecule has 0 N–H and O–H groups in total. The first-order chi connectivity index (χ1) is 10.2. The first kappa shape index (κ1) is 14.0. The maximum Gasteiger partial charge on any atom is 0.147 e. The molecule has 21 heavy (non-hydrogen) atoms. The average Bonchev–Trinajstić information content (AvgIpc) is 2.97. The zero-order valence-corrected chi connectivity index (χ0v) is 12.5. The molecule has 106 valence electrons. The van der Waals surface area contributed by atoms with Crippen molar-refractivity contribution in [1.82, 2.24) is 10.2 Å². The van der Waals surface area contributed by atoms with Gasteiger partial charge in [-0.15, -0.1) is 10.2 Å². The molecule has 0 fully saturated rings. The summed E-state index contributed by atoms with van der Waals surface area (Å²) in [6.45, 7) is 0.